The highest BCUT2D eigenvalue weighted by Gasteiger charge is 2.40. The number of Topliss-reactive ketones (excluding diaryl/α,β-unsaturated/α-hetero) is 1. The van der Waals surface area contributed by atoms with Crippen LogP contribution < -0.4 is 4.90 Å². The number of fused-ring (bicyclic) bond motifs is 1. The molecule has 2 aliphatic heterocycles. The maximum Gasteiger partial charge on any atom is 0.299 e. The van der Waals surface area contributed by atoms with Gasteiger partial charge in [0.1, 0.15) is 0 Å². The van der Waals surface area contributed by atoms with Gasteiger partial charge in [0.25, 0.3) is 11.7 Å². The average Bonchev–Trinajstić information content (AvgIpc) is 3.04. The number of amides is 1. The molecule has 82 valence electrons. The molecule has 1 aromatic rings. The van der Waals surface area contributed by atoms with Crippen LogP contribution in [0.2, 0.25) is 0 Å². The predicted octanol–water partition coefficient (Wildman–Crippen LogP) is 1.38. The van der Waals surface area contributed by atoms with Gasteiger partial charge in [0.15, 0.2) is 0 Å². The normalized spacial score (nSPS) is 22.6. The maximum atomic E-state index is 11.8. The first kappa shape index (κ1) is 9.99. The van der Waals surface area contributed by atoms with Crippen LogP contribution in [-0.2, 0) is 9.53 Å². The van der Waals surface area contributed by atoms with Crippen molar-refractivity contribution in [2.45, 2.75) is 6.10 Å². The van der Waals surface area contributed by atoms with Gasteiger partial charge in [-0.15, -0.1) is 0 Å². The monoisotopic (exact) mass is 281 g/mol. The summed E-state index contributed by atoms with van der Waals surface area (Å²) < 4.78 is 5.86. The third kappa shape index (κ3) is 1.39. The summed E-state index contributed by atoms with van der Waals surface area (Å²) in [6.45, 7) is 1.12. The van der Waals surface area contributed by atoms with Crippen LogP contribution in [-0.4, -0.2) is 30.9 Å². The summed E-state index contributed by atoms with van der Waals surface area (Å²) in [7, 11) is 0. The Kier molecular flexibility index (Phi) is 2.12. The van der Waals surface area contributed by atoms with E-state index in [0.29, 0.717) is 24.4 Å². The van der Waals surface area contributed by atoms with Gasteiger partial charge >= 0.3 is 0 Å². The highest BCUT2D eigenvalue weighted by atomic mass is 79.9. The minimum atomic E-state index is -0.461. The summed E-state index contributed by atoms with van der Waals surface area (Å²) in [4.78, 5) is 25.0. The number of hydrogen-bond donors (Lipinski definition) is 0. The fourth-order valence-electron chi connectivity index (χ4n) is 1.86. The number of anilines is 1. The Morgan fingerprint density at radius 1 is 1.44 bits per heavy atom. The zero-order valence-electron chi connectivity index (χ0n) is 8.27. The number of benzene rings is 1. The number of halogens is 1. The van der Waals surface area contributed by atoms with Crippen molar-refractivity contribution in [3.05, 3.63) is 28.2 Å². The van der Waals surface area contributed by atoms with E-state index in [1.54, 1.807) is 12.1 Å². The smallest absolute Gasteiger partial charge is 0.299 e. The Morgan fingerprint density at radius 3 is 2.88 bits per heavy atom. The van der Waals surface area contributed by atoms with E-state index in [2.05, 4.69) is 15.9 Å². The molecule has 1 atom stereocenters. The Hall–Kier alpha value is -1.20. The molecule has 0 radical (unpaired) electrons. The number of hydrogen-bond acceptors (Lipinski definition) is 3. The van der Waals surface area contributed by atoms with Gasteiger partial charge in [-0.3, -0.25) is 9.59 Å². The molecular weight excluding hydrogens is 274 g/mol. The van der Waals surface area contributed by atoms with Gasteiger partial charge in [-0.2, -0.15) is 0 Å². The van der Waals surface area contributed by atoms with Crippen molar-refractivity contribution in [3.63, 3.8) is 0 Å². The molecule has 1 saturated heterocycles. The highest BCUT2D eigenvalue weighted by molar-refractivity contribution is 9.10. The van der Waals surface area contributed by atoms with Gasteiger partial charge in [-0.25, -0.2) is 0 Å². The molecule has 5 heteroatoms. The van der Waals surface area contributed by atoms with E-state index in [4.69, 9.17) is 4.74 Å². The molecule has 16 heavy (non-hydrogen) atoms. The van der Waals surface area contributed by atoms with Crippen molar-refractivity contribution >= 4 is 33.3 Å². The lowest BCUT2D eigenvalue weighted by molar-refractivity contribution is -0.114. The Labute approximate surface area is 100 Å². The van der Waals surface area contributed by atoms with Gasteiger partial charge in [0, 0.05) is 4.47 Å². The number of ketones is 1. The fourth-order valence-corrected chi connectivity index (χ4v) is 2.44. The van der Waals surface area contributed by atoms with Crippen LogP contribution in [0.3, 0.4) is 0 Å². The number of nitrogens with zero attached hydrogens (tertiary/aromatic N) is 1. The molecule has 0 aromatic heterocycles. The number of epoxide rings is 1. The first-order valence-electron chi connectivity index (χ1n) is 4.95. The SMILES string of the molecule is O=C1C(=O)N(CC2CO2)c2c(Br)cccc21. The van der Waals surface area contributed by atoms with E-state index >= 15 is 0 Å². The van der Waals surface area contributed by atoms with E-state index in [1.807, 2.05) is 6.07 Å². The lowest BCUT2D eigenvalue weighted by Crippen LogP contribution is -2.33. The molecule has 0 bridgehead atoms. The van der Waals surface area contributed by atoms with Crippen LogP contribution in [0, 0.1) is 0 Å². The second-order valence-electron chi connectivity index (χ2n) is 3.84. The Bertz CT molecular complexity index is 496. The standard InChI is InChI=1S/C11H8BrNO3/c12-8-3-1-2-7-9(8)13(4-6-5-16-6)11(15)10(7)14/h1-3,6H,4-5H2. The summed E-state index contributed by atoms with van der Waals surface area (Å²) in [6.07, 6.45) is 0.0785. The summed E-state index contributed by atoms with van der Waals surface area (Å²) in [5.41, 5.74) is 1.15. The number of rotatable bonds is 2. The zero-order valence-corrected chi connectivity index (χ0v) is 9.86. The van der Waals surface area contributed by atoms with Gasteiger partial charge in [0.2, 0.25) is 0 Å². The molecule has 0 saturated carbocycles. The molecule has 0 N–H and O–H groups in total. The lowest BCUT2D eigenvalue weighted by atomic mass is 10.1. The first-order chi connectivity index (χ1) is 7.68. The van der Waals surface area contributed by atoms with Gasteiger partial charge in [-0.05, 0) is 28.1 Å². The molecule has 1 fully saturated rings. The summed E-state index contributed by atoms with van der Waals surface area (Å²) in [5.74, 6) is -0.894. The second-order valence-corrected chi connectivity index (χ2v) is 4.69. The Balaban J connectivity index is 2.07. The Morgan fingerprint density at radius 2 is 2.19 bits per heavy atom. The van der Waals surface area contributed by atoms with Crippen molar-refractivity contribution < 1.29 is 14.3 Å². The first-order valence-corrected chi connectivity index (χ1v) is 5.74. The molecule has 0 aliphatic carbocycles. The quantitative estimate of drug-likeness (QED) is 0.608. The van der Waals surface area contributed by atoms with Gasteiger partial charge in [-0.1, -0.05) is 6.07 Å². The number of ether oxygens (including phenoxy) is 1. The van der Waals surface area contributed by atoms with Crippen molar-refractivity contribution in [1.82, 2.24) is 0 Å². The minimum absolute atomic E-state index is 0.0785. The van der Waals surface area contributed by atoms with E-state index < -0.39 is 11.7 Å². The fraction of sp³-hybridized carbons (Fsp3) is 0.273. The van der Waals surface area contributed by atoms with Gasteiger partial charge < -0.3 is 9.64 Å². The van der Waals surface area contributed by atoms with Crippen LogP contribution in [0.4, 0.5) is 5.69 Å². The third-order valence-corrected chi connectivity index (χ3v) is 3.37. The van der Waals surface area contributed by atoms with E-state index in [0.717, 1.165) is 4.47 Å². The second kappa shape index (κ2) is 3.40. The number of carbonyl (C=O) groups is 2. The van der Waals surface area contributed by atoms with E-state index in [1.165, 1.54) is 4.90 Å². The van der Waals surface area contributed by atoms with Crippen LogP contribution in [0.5, 0.6) is 0 Å². The van der Waals surface area contributed by atoms with Crippen molar-refractivity contribution in [2.24, 2.45) is 0 Å². The van der Waals surface area contributed by atoms with Crippen LogP contribution in [0.1, 0.15) is 10.4 Å². The van der Waals surface area contributed by atoms with Crippen LogP contribution in [0.15, 0.2) is 22.7 Å². The van der Waals surface area contributed by atoms with Crippen LogP contribution >= 0.6 is 15.9 Å². The largest absolute Gasteiger partial charge is 0.371 e. The highest BCUT2D eigenvalue weighted by Crippen LogP contribution is 2.36. The molecule has 3 rings (SSSR count). The lowest BCUT2D eigenvalue weighted by Gasteiger charge is -2.16. The number of para-hydroxylation sites is 1. The topological polar surface area (TPSA) is 49.9 Å². The summed E-state index contributed by atoms with van der Waals surface area (Å²) in [5, 5.41) is 0. The maximum absolute atomic E-state index is 11.8. The summed E-state index contributed by atoms with van der Waals surface area (Å²) >= 11 is 3.37. The molecule has 1 unspecified atom stereocenters. The van der Waals surface area contributed by atoms with E-state index in [9.17, 15) is 9.59 Å². The molecule has 0 spiro atoms. The average molecular weight is 282 g/mol. The molecular formula is C11H8BrNO3. The molecule has 1 aromatic carbocycles. The predicted molar refractivity (Wildman–Crippen MR) is 60.6 cm³/mol. The summed E-state index contributed by atoms with van der Waals surface area (Å²) in [6, 6.07) is 5.25. The van der Waals surface area contributed by atoms with Crippen LogP contribution in [0.25, 0.3) is 0 Å². The molecule has 1 amide bonds. The molecule has 2 aliphatic rings. The van der Waals surface area contributed by atoms with Gasteiger partial charge in [0.05, 0.1) is 30.5 Å². The van der Waals surface area contributed by atoms with Crippen molar-refractivity contribution in [3.8, 4) is 0 Å². The van der Waals surface area contributed by atoms with Crippen molar-refractivity contribution in [1.29, 1.82) is 0 Å². The zero-order chi connectivity index (χ0) is 11.3. The third-order valence-electron chi connectivity index (χ3n) is 2.73. The molecule has 4 nitrogen and oxygen atoms in total. The van der Waals surface area contributed by atoms with E-state index in [-0.39, 0.29) is 6.10 Å². The number of carbonyl (C=O) groups excluding carboxylic acids is 2. The molecule has 2 heterocycles. The minimum Gasteiger partial charge on any atom is -0.371 e. The van der Waals surface area contributed by atoms with Crippen molar-refractivity contribution in [2.75, 3.05) is 18.1 Å².